The Morgan fingerprint density at radius 1 is 1.05 bits per heavy atom. The Hall–Kier alpha value is -1.22. The Bertz CT molecular complexity index is 486. The maximum absolute atomic E-state index is 6.09. The van der Waals surface area contributed by atoms with E-state index in [1.165, 1.54) is 54.8 Å². The molecule has 0 bridgehead atoms. The number of fused-ring (bicyclic) bond motifs is 2. The highest BCUT2D eigenvalue weighted by atomic mass is 16.5. The maximum Gasteiger partial charge on any atom is 0.126 e. The molecule has 3 heteroatoms. The van der Waals surface area contributed by atoms with Crippen molar-refractivity contribution in [2.24, 2.45) is 5.92 Å². The second kappa shape index (κ2) is 5.88. The molecule has 1 aromatic carbocycles. The van der Waals surface area contributed by atoms with E-state index in [0.29, 0.717) is 0 Å². The summed E-state index contributed by atoms with van der Waals surface area (Å²) in [6.07, 6.45) is 8.34. The SMILES string of the molecule is c1c2c(c(CC3CCNCC3)c3c1OCCC3)OCCC2. The molecule has 114 valence electrons. The minimum atomic E-state index is 0.800. The predicted molar refractivity (Wildman–Crippen MR) is 83.4 cm³/mol. The smallest absolute Gasteiger partial charge is 0.126 e. The highest BCUT2D eigenvalue weighted by Gasteiger charge is 2.26. The van der Waals surface area contributed by atoms with Crippen LogP contribution in [0.25, 0.3) is 0 Å². The lowest BCUT2D eigenvalue weighted by Gasteiger charge is -2.30. The van der Waals surface area contributed by atoms with E-state index in [1.807, 2.05) is 0 Å². The van der Waals surface area contributed by atoms with Crippen molar-refractivity contribution in [3.63, 3.8) is 0 Å². The molecule has 21 heavy (non-hydrogen) atoms. The first-order valence-corrected chi connectivity index (χ1v) is 8.56. The summed E-state index contributed by atoms with van der Waals surface area (Å²) in [5, 5.41) is 3.47. The third-order valence-corrected chi connectivity index (χ3v) is 5.15. The zero-order valence-electron chi connectivity index (χ0n) is 12.7. The lowest BCUT2D eigenvalue weighted by molar-refractivity contribution is 0.265. The van der Waals surface area contributed by atoms with Gasteiger partial charge in [-0.2, -0.15) is 0 Å². The van der Waals surface area contributed by atoms with Crippen LogP contribution in [0.15, 0.2) is 6.07 Å². The second-order valence-corrected chi connectivity index (χ2v) is 6.62. The minimum Gasteiger partial charge on any atom is -0.493 e. The van der Waals surface area contributed by atoms with Gasteiger partial charge in [-0.1, -0.05) is 0 Å². The zero-order chi connectivity index (χ0) is 14.1. The molecule has 1 aromatic rings. The molecule has 3 aliphatic rings. The average Bonchev–Trinajstić information content (AvgIpc) is 2.55. The molecule has 0 saturated carbocycles. The van der Waals surface area contributed by atoms with Crippen molar-refractivity contribution in [2.45, 2.75) is 44.9 Å². The minimum absolute atomic E-state index is 0.800. The summed E-state index contributed by atoms with van der Waals surface area (Å²) in [6.45, 7) is 4.09. The predicted octanol–water partition coefficient (Wildman–Crippen LogP) is 2.88. The first-order valence-electron chi connectivity index (χ1n) is 8.56. The molecule has 0 amide bonds. The molecule has 0 aromatic heterocycles. The van der Waals surface area contributed by atoms with Crippen molar-refractivity contribution in [1.82, 2.24) is 5.32 Å². The van der Waals surface area contributed by atoms with E-state index in [9.17, 15) is 0 Å². The van der Waals surface area contributed by atoms with Crippen LogP contribution in [0, 0.1) is 5.92 Å². The van der Waals surface area contributed by atoms with Gasteiger partial charge < -0.3 is 14.8 Å². The fourth-order valence-corrected chi connectivity index (χ4v) is 4.02. The summed E-state index contributed by atoms with van der Waals surface area (Å²) >= 11 is 0. The zero-order valence-corrected chi connectivity index (χ0v) is 12.7. The van der Waals surface area contributed by atoms with Crippen molar-refractivity contribution >= 4 is 0 Å². The van der Waals surface area contributed by atoms with Gasteiger partial charge in [-0.15, -0.1) is 0 Å². The summed E-state index contributed by atoms with van der Waals surface area (Å²) in [5.41, 5.74) is 4.31. The second-order valence-electron chi connectivity index (χ2n) is 6.62. The van der Waals surface area contributed by atoms with Gasteiger partial charge in [0.05, 0.1) is 13.2 Å². The number of rotatable bonds is 2. The Kier molecular flexibility index (Phi) is 3.76. The molecule has 0 aliphatic carbocycles. The normalized spacial score (nSPS) is 21.9. The van der Waals surface area contributed by atoms with Gasteiger partial charge in [-0.3, -0.25) is 0 Å². The standard InChI is InChI=1S/C18H25NO2/c1-3-14-12-17-15(4-2-9-20-17)16(18(14)21-10-1)11-13-5-7-19-8-6-13/h12-13,19H,1-11H2. The Morgan fingerprint density at radius 3 is 2.76 bits per heavy atom. The van der Waals surface area contributed by atoms with Crippen LogP contribution in [0.4, 0.5) is 0 Å². The lowest BCUT2D eigenvalue weighted by Crippen LogP contribution is -2.29. The van der Waals surface area contributed by atoms with E-state index in [2.05, 4.69) is 11.4 Å². The van der Waals surface area contributed by atoms with Crippen LogP contribution in [0.2, 0.25) is 0 Å². The van der Waals surface area contributed by atoms with Crippen LogP contribution in [0.5, 0.6) is 11.5 Å². The van der Waals surface area contributed by atoms with Crippen molar-refractivity contribution in [3.8, 4) is 11.5 Å². The van der Waals surface area contributed by atoms with Crippen molar-refractivity contribution < 1.29 is 9.47 Å². The number of hydrogen-bond donors (Lipinski definition) is 1. The quantitative estimate of drug-likeness (QED) is 0.907. The van der Waals surface area contributed by atoms with Gasteiger partial charge in [0, 0.05) is 11.1 Å². The molecule has 0 atom stereocenters. The van der Waals surface area contributed by atoms with Gasteiger partial charge in [-0.05, 0) is 75.6 Å². The molecular weight excluding hydrogens is 262 g/mol. The number of benzene rings is 1. The number of hydrogen-bond acceptors (Lipinski definition) is 3. The van der Waals surface area contributed by atoms with Crippen LogP contribution >= 0.6 is 0 Å². The van der Waals surface area contributed by atoms with E-state index in [-0.39, 0.29) is 0 Å². The molecule has 1 saturated heterocycles. The van der Waals surface area contributed by atoms with E-state index in [1.54, 1.807) is 0 Å². The van der Waals surface area contributed by atoms with Gasteiger partial charge in [-0.25, -0.2) is 0 Å². The van der Waals surface area contributed by atoms with Gasteiger partial charge >= 0.3 is 0 Å². The maximum atomic E-state index is 6.09. The molecule has 1 N–H and O–H groups in total. The average molecular weight is 287 g/mol. The molecule has 0 unspecified atom stereocenters. The number of nitrogens with one attached hydrogen (secondary N) is 1. The summed E-state index contributed by atoms with van der Waals surface area (Å²) in [4.78, 5) is 0. The van der Waals surface area contributed by atoms with Crippen LogP contribution in [0.1, 0.15) is 42.4 Å². The number of aryl methyl sites for hydroxylation is 1. The molecule has 0 spiro atoms. The van der Waals surface area contributed by atoms with Gasteiger partial charge in [0.2, 0.25) is 0 Å². The van der Waals surface area contributed by atoms with Gasteiger partial charge in [0.25, 0.3) is 0 Å². The van der Waals surface area contributed by atoms with Crippen LogP contribution in [-0.4, -0.2) is 26.3 Å². The van der Waals surface area contributed by atoms with E-state index in [4.69, 9.17) is 9.47 Å². The number of ether oxygens (including phenoxy) is 2. The van der Waals surface area contributed by atoms with Gasteiger partial charge in [0.15, 0.2) is 0 Å². The molecular formula is C18H25NO2. The van der Waals surface area contributed by atoms with E-state index in [0.717, 1.165) is 50.6 Å². The monoisotopic (exact) mass is 287 g/mol. The van der Waals surface area contributed by atoms with Gasteiger partial charge in [0.1, 0.15) is 11.5 Å². The molecule has 3 heterocycles. The molecule has 1 fully saturated rings. The third kappa shape index (κ3) is 2.64. The number of piperidine rings is 1. The van der Waals surface area contributed by atoms with Crippen LogP contribution < -0.4 is 14.8 Å². The summed E-state index contributed by atoms with van der Waals surface area (Å²) in [7, 11) is 0. The van der Waals surface area contributed by atoms with Crippen molar-refractivity contribution in [2.75, 3.05) is 26.3 Å². The summed E-state index contributed by atoms with van der Waals surface area (Å²) in [6, 6.07) is 2.26. The Morgan fingerprint density at radius 2 is 1.86 bits per heavy atom. The first kappa shape index (κ1) is 13.4. The highest BCUT2D eigenvalue weighted by molar-refractivity contribution is 5.55. The topological polar surface area (TPSA) is 30.5 Å². The van der Waals surface area contributed by atoms with Crippen LogP contribution in [0.3, 0.4) is 0 Å². The molecule has 3 aliphatic heterocycles. The molecule has 3 nitrogen and oxygen atoms in total. The highest BCUT2D eigenvalue weighted by Crippen LogP contribution is 2.41. The van der Waals surface area contributed by atoms with Crippen LogP contribution in [-0.2, 0) is 19.3 Å². The van der Waals surface area contributed by atoms with E-state index >= 15 is 0 Å². The summed E-state index contributed by atoms with van der Waals surface area (Å²) < 4.78 is 12.0. The third-order valence-electron chi connectivity index (χ3n) is 5.15. The first-order chi connectivity index (χ1) is 10.4. The van der Waals surface area contributed by atoms with E-state index < -0.39 is 0 Å². The summed E-state index contributed by atoms with van der Waals surface area (Å²) in [5.74, 6) is 3.16. The van der Waals surface area contributed by atoms with Crippen molar-refractivity contribution in [1.29, 1.82) is 0 Å². The fourth-order valence-electron chi connectivity index (χ4n) is 4.02. The largest absolute Gasteiger partial charge is 0.493 e. The van der Waals surface area contributed by atoms with Crippen molar-refractivity contribution in [3.05, 3.63) is 22.8 Å². The molecule has 4 rings (SSSR count). The Labute approximate surface area is 127 Å². The lowest BCUT2D eigenvalue weighted by atomic mass is 9.85. The Balaban J connectivity index is 1.71. The fraction of sp³-hybridized carbons (Fsp3) is 0.667. The molecule has 0 radical (unpaired) electrons.